The minimum Gasteiger partial charge on any atom is -0.385 e. The van der Waals surface area contributed by atoms with Crippen LogP contribution in [0, 0.1) is 11.8 Å². The van der Waals surface area contributed by atoms with Gasteiger partial charge in [0.25, 0.3) is 0 Å². The molecule has 0 aromatic heterocycles. The van der Waals surface area contributed by atoms with E-state index in [1.54, 1.807) is 7.11 Å². The molecule has 0 aliphatic rings. The molecule has 0 rings (SSSR count). The summed E-state index contributed by atoms with van der Waals surface area (Å²) < 4.78 is 4.98. The van der Waals surface area contributed by atoms with Crippen LogP contribution >= 0.6 is 11.6 Å². The lowest BCUT2D eigenvalue weighted by atomic mass is 9.96. The Morgan fingerprint density at radius 1 is 1.27 bits per heavy atom. The standard InChI is InChI=1S/C9H19ClO/c1-7(2)9(10)8(3)5-6-11-4/h7-9H,5-6H2,1-4H3. The summed E-state index contributed by atoms with van der Waals surface area (Å²) in [7, 11) is 1.73. The van der Waals surface area contributed by atoms with Gasteiger partial charge in [-0.3, -0.25) is 0 Å². The molecule has 0 heterocycles. The van der Waals surface area contributed by atoms with Gasteiger partial charge in [0.05, 0.1) is 0 Å². The lowest BCUT2D eigenvalue weighted by Crippen LogP contribution is -2.19. The summed E-state index contributed by atoms with van der Waals surface area (Å²) in [5, 5.41) is 0.283. The van der Waals surface area contributed by atoms with Crippen molar-refractivity contribution in [3.05, 3.63) is 0 Å². The molecule has 0 amide bonds. The smallest absolute Gasteiger partial charge is 0.0465 e. The van der Waals surface area contributed by atoms with E-state index in [4.69, 9.17) is 16.3 Å². The molecule has 0 aromatic rings. The highest BCUT2D eigenvalue weighted by molar-refractivity contribution is 6.20. The molecule has 0 bridgehead atoms. The zero-order valence-corrected chi connectivity index (χ0v) is 8.69. The molecule has 2 unspecified atom stereocenters. The van der Waals surface area contributed by atoms with Crippen molar-refractivity contribution >= 4 is 11.6 Å². The van der Waals surface area contributed by atoms with Crippen LogP contribution in [0.2, 0.25) is 0 Å². The summed E-state index contributed by atoms with van der Waals surface area (Å²) in [5.41, 5.74) is 0. The van der Waals surface area contributed by atoms with E-state index in [1.807, 2.05) is 0 Å². The van der Waals surface area contributed by atoms with Gasteiger partial charge in [-0.1, -0.05) is 20.8 Å². The zero-order valence-electron chi connectivity index (χ0n) is 7.93. The van der Waals surface area contributed by atoms with Crippen LogP contribution in [0.4, 0.5) is 0 Å². The van der Waals surface area contributed by atoms with Gasteiger partial charge in [0.2, 0.25) is 0 Å². The van der Waals surface area contributed by atoms with Gasteiger partial charge in [-0.15, -0.1) is 11.6 Å². The molecule has 0 saturated heterocycles. The summed E-state index contributed by atoms with van der Waals surface area (Å²) in [6.07, 6.45) is 1.06. The van der Waals surface area contributed by atoms with Crippen LogP contribution < -0.4 is 0 Å². The molecule has 0 aliphatic heterocycles. The highest BCUT2D eigenvalue weighted by Gasteiger charge is 2.17. The highest BCUT2D eigenvalue weighted by Crippen LogP contribution is 2.21. The third-order valence-corrected chi connectivity index (χ3v) is 2.89. The van der Waals surface area contributed by atoms with Crippen LogP contribution in [0.3, 0.4) is 0 Å². The van der Waals surface area contributed by atoms with Gasteiger partial charge in [-0.05, 0) is 18.3 Å². The normalized spacial score (nSPS) is 16.9. The first-order chi connectivity index (χ1) is 5.09. The Kier molecular flexibility index (Phi) is 5.98. The first-order valence-corrected chi connectivity index (χ1v) is 4.66. The van der Waals surface area contributed by atoms with Crippen molar-refractivity contribution < 1.29 is 4.74 Å². The van der Waals surface area contributed by atoms with Crippen LogP contribution in [0.25, 0.3) is 0 Å². The van der Waals surface area contributed by atoms with Crippen LogP contribution in [-0.2, 0) is 4.74 Å². The summed E-state index contributed by atoms with van der Waals surface area (Å²) in [5.74, 6) is 1.11. The van der Waals surface area contributed by atoms with Crippen molar-refractivity contribution in [2.24, 2.45) is 11.8 Å². The third kappa shape index (κ3) is 4.65. The minimum absolute atomic E-state index is 0.283. The Morgan fingerprint density at radius 2 is 1.82 bits per heavy atom. The maximum Gasteiger partial charge on any atom is 0.0465 e. The maximum atomic E-state index is 6.15. The topological polar surface area (TPSA) is 9.23 Å². The lowest BCUT2D eigenvalue weighted by Gasteiger charge is -2.20. The van der Waals surface area contributed by atoms with Gasteiger partial charge in [0.1, 0.15) is 0 Å². The number of methoxy groups -OCH3 is 1. The fraction of sp³-hybridized carbons (Fsp3) is 1.00. The van der Waals surface area contributed by atoms with Crippen LogP contribution in [0.1, 0.15) is 27.2 Å². The molecular weight excluding hydrogens is 160 g/mol. The number of alkyl halides is 1. The number of rotatable bonds is 5. The molecule has 0 fully saturated rings. The predicted molar refractivity (Wildman–Crippen MR) is 50.1 cm³/mol. The Bertz CT molecular complexity index is 93.6. The summed E-state index contributed by atoms with van der Waals surface area (Å²) in [4.78, 5) is 0. The largest absolute Gasteiger partial charge is 0.385 e. The van der Waals surface area contributed by atoms with Crippen molar-refractivity contribution in [3.63, 3.8) is 0 Å². The second-order valence-electron chi connectivity index (χ2n) is 3.45. The molecule has 68 valence electrons. The van der Waals surface area contributed by atoms with Gasteiger partial charge in [0.15, 0.2) is 0 Å². The van der Waals surface area contributed by atoms with Crippen molar-refractivity contribution in [2.45, 2.75) is 32.6 Å². The van der Waals surface area contributed by atoms with Crippen molar-refractivity contribution in [3.8, 4) is 0 Å². The molecule has 11 heavy (non-hydrogen) atoms. The third-order valence-electron chi connectivity index (χ3n) is 1.96. The lowest BCUT2D eigenvalue weighted by molar-refractivity contribution is 0.176. The fourth-order valence-electron chi connectivity index (χ4n) is 1.12. The van der Waals surface area contributed by atoms with Gasteiger partial charge in [-0.2, -0.15) is 0 Å². The van der Waals surface area contributed by atoms with Crippen LogP contribution in [0.5, 0.6) is 0 Å². The Hall–Kier alpha value is 0.250. The number of ether oxygens (including phenoxy) is 1. The van der Waals surface area contributed by atoms with E-state index in [1.165, 1.54) is 0 Å². The monoisotopic (exact) mass is 178 g/mol. The average molecular weight is 179 g/mol. The predicted octanol–water partition coefficient (Wildman–Crippen LogP) is 2.92. The van der Waals surface area contributed by atoms with Crippen LogP contribution in [0.15, 0.2) is 0 Å². The maximum absolute atomic E-state index is 6.15. The van der Waals surface area contributed by atoms with Gasteiger partial charge >= 0.3 is 0 Å². The van der Waals surface area contributed by atoms with Crippen molar-refractivity contribution in [1.82, 2.24) is 0 Å². The Balaban J connectivity index is 3.55. The first-order valence-electron chi connectivity index (χ1n) is 4.22. The molecule has 0 aliphatic carbocycles. The van der Waals surface area contributed by atoms with Crippen LogP contribution in [-0.4, -0.2) is 19.1 Å². The zero-order chi connectivity index (χ0) is 8.85. The SMILES string of the molecule is COCCC(C)C(Cl)C(C)C. The number of hydrogen-bond acceptors (Lipinski definition) is 1. The fourth-order valence-corrected chi connectivity index (χ4v) is 1.25. The molecule has 2 atom stereocenters. The van der Waals surface area contributed by atoms with E-state index in [0.717, 1.165) is 13.0 Å². The number of hydrogen-bond donors (Lipinski definition) is 0. The summed E-state index contributed by atoms with van der Waals surface area (Å²) >= 11 is 6.15. The van der Waals surface area contributed by atoms with E-state index < -0.39 is 0 Å². The first kappa shape index (κ1) is 11.2. The van der Waals surface area contributed by atoms with E-state index in [-0.39, 0.29) is 5.38 Å². The molecule has 0 radical (unpaired) electrons. The molecule has 0 aromatic carbocycles. The highest BCUT2D eigenvalue weighted by atomic mass is 35.5. The van der Waals surface area contributed by atoms with Crippen molar-refractivity contribution in [2.75, 3.05) is 13.7 Å². The molecular formula is C9H19ClO. The number of halogens is 1. The van der Waals surface area contributed by atoms with E-state index >= 15 is 0 Å². The van der Waals surface area contributed by atoms with E-state index in [0.29, 0.717) is 11.8 Å². The molecule has 1 nitrogen and oxygen atoms in total. The molecule has 0 N–H and O–H groups in total. The Labute approximate surface area is 75.1 Å². The van der Waals surface area contributed by atoms with E-state index in [9.17, 15) is 0 Å². The second-order valence-corrected chi connectivity index (χ2v) is 3.95. The van der Waals surface area contributed by atoms with Gasteiger partial charge in [-0.25, -0.2) is 0 Å². The average Bonchev–Trinajstić information content (AvgIpc) is 1.98. The quantitative estimate of drug-likeness (QED) is 0.589. The minimum atomic E-state index is 0.283. The molecule has 0 spiro atoms. The molecule has 0 saturated carbocycles. The van der Waals surface area contributed by atoms with E-state index in [2.05, 4.69) is 20.8 Å². The summed E-state index contributed by atoms with van der Waals surface area (Å²) in [6, 6.07) is 0. The van der Waals surface area contributed by atoms with Crippen molar-refractivity contribution in [1.29, 1.82) is 0 Å². The summed E-state index contributed by atoms with van der Waals surface area (Å²) in [6.45, 7) is 7.30. The second kappa shape index (κ2) is 5.84. The van der Waals surface area contributed by atoms with Gasteiger partial charge in [0, 0.05) is 19.1 Å². The van der Waals surface area contributed by atoms with Gasteiger partial charge < -0.3 is 4.74 Å². The Morgan fingerprint density at radius 3 is 2.18 bits per heavy atom. The molecule has 2 heteroatoms.